The molecule has 7 heteroatoms. The van der Waals surface area contributed by atoms with E-state index in [2.05, 4.69) is 10.6 Å². The van der Waals surface area contributed by atoms with Gasteiger partial charge in [-0.3, -0.25) is 0 Å². The molecule has 0 radical (unpaired) electrons. The van der Waals surface area contributed by atoms with E-state index >= 15 is 0 Å². The Bertz CT molecular complexity index is 722. The fourth-order valence-corrected chi connectivity index (χ4v) is 2.59. The van der Waals surface area contributed by atoms with E-state index in [4.69, 9.17) is 18.9 Å². The lowest BCUT2D eigenvalue weighted by atomic mass is 10.1. The molecule has 0 fully saturated rings. The number of nitrogens with one attached hydrogen (secondary N) is 2. The normalized spacial score (nSPS) is 10.1. The van der Waals surface area contributed by atoms with Crippen LogP contribution in [0.5, 0.6) is 23.0 Å². The van der Waals surface area contributed by atoms with Gasteiger partial charge in [0.1, 0.15) is 5.75 Å². The maximum Gasteiger partial charge on any atom is 0.315 e. The fourth-order valence-electron chi connectivity index (χ4n) is 2.59. The van der Waals surface area contributed by atoms with Gasteiger partial charge in [0.05, 0.1) is 28.4 Å². The number of methoxy groups -OCH3 is 4. The number of urea groups is 1. The third-order valence-electron chi connectivity index (χ3n) is 4.04. The first-order valence-electron chi connectivity index (χ1n) is 8.54. The van der Waals surface area contributed by atoms with E-state index in [1.54, 1.807) is 40.6 Å². The van der Waals surface area contributed by atoms with Gasteiger partial charge in [0.15, 0.2) is 11.5 Å². The Hall–Kier alpha value is -3.09. The lowest BCUT2D eigenvalue weighted by Crippen LogP contribution is -2.36. The standard InChI is InChI=1S/C20H26N2O5/c1-24-16-7-5-14(6-8-16)9-10-21-20(23)22-13-15-11-17(25-2)19(27-4)18(12-15)26-3/h5-8,11-12H,9-10,13H2,1-4H3,(H2,21,22,23). The summed E-state index contributed by atoms with van der Waals surface area (Å²) in [7, 11) is 6.30. The van der Waals surface area contributed by atoms with Crippen molar-refractivity contribution in [3.05, 3.63) is 47.5 Å². The molecule has 0 aliphatic rings. The van der Waals surface area contributed by atoms with Crippen LogP contribution in [0.15, 0.2) is 36.4 Å². The van der Waals surface area contributed by atoms with Crippen LogP contribution in [0, 0.1) is 0 Å². The Kier molecular flexibility index (Phi) is 7.61. The van der Waals surface area contributed by atoms with Crippen molar-refractivity contribution in [2.75, 3.05) is 35.0 Å². The van der Waals surface area contributed by atoms with Crippen molar-refractivity contribution >= 4 is 6.03 Å². The molecule has 0 aliphatic carbocycles. The molecule has 0 heterocycles. The molecule has 2 rings (SSSR count). The molecular formula is C20H26N2O5. The third kappa shape index (κ3) is 5.70. The van der Waals surface area contributed by atoms with Crippen molar-refractivity contribution in [2.24, 2.45) is 0 Å². The van der Waals surface area contributed by atoms with Gasteiger partial charge in [-0.25, -0.2) is 4.79 Å². The zero-order valence-corrected chi connectivity index (χ0v) is 16.1. The molecular weight excluding hydrogens is 348 g/mol. The van der Waals surface area contributed by atoms with Crippen LogP contribution in [-0.4, -0.2) is 41.0 Å². The molecule has 0 unspecified atom stereocenters. The first-order valence-corrected chi connectivity index (χ1v) is 8.54. The fraction of sp³-hybridized carbons (Fsp3) is 0.350. The number of carbonyl (C=O) groups is 1. The van der Waals surface area contributed by atoms with E-state index in [9.17, 15) is 4.79 Å². The van der Waals surface area contributed by atoms with Crippen molar-refractivity contribution in [3.8, 4) is 23.0 Å². The number of benzene rings is 2. The van der Waals surface area contributed by atoms with Crippen LogP contribution >= 0.6 is 0 Å². The van der Waals surface area contributed by atoms with Gasteiger partial charge in [-0.05, 0) is 41.8 Å². The maximum absolute atomic E-state index is 12.0. The quantitative estimate of drug-likeness (QED) is 0.706. The molecule has 146 valence electrons. The highest BCUT2D eigenvalue weighted by atomic mass is 16.5. The second-order valence-corrected chi connectivity index (χ2v) is 5.74. The SMILES string of the molecule is COc1ccc(CCNC(=O)NCc2cc(OC)c(OC)c(OC)c2)cc1. The molecule has 0 saturated carbocycles. The van der Waals surface area contributed by atoms with Gasteiger partial charge in [0.25, 0.3) is 0 Å². The third-order valence-corrected chi connectivity index (χ3v) is 4.04. The van der Waals surface area contributed by atoms with Crippen LogP contribution in [0.4, 0.5) is 4.79 Å². The van der Waals surface area contributed by atoms with E-state index in [0.717, 1.165) is 23.3 Å². The second kappa shape index (κ2) is 10.2. The minimum absolute atomic E-state index is 0.239. The monoisotopic (exact) mass is 374 g/mol. The number of ether oxygens (including phenoxy) is 4. The Balaban J connectivity index is 1.84. The minimum atomic E-state index is -0.239. The van der Waals surface area contributed by atoms with Gasteiger partial charge in [-0.1, -0.05) is 12.1 Å². The minimum Gasteiger partial charge on any atom is -0.497 e. The van der Waals surface area contributed by atoms with E-state index in [1.807, 2.05) is 24.3 Å². The number of hydrogen-bond donors (Lipinski definition) is 2. The smallest absolute Gasteiger partial charge is 0.315 e. The van der Waals surface area contributed by atoms with Gasteiger partial charge in [-0.2, -0.15) is 0 Å². The summed E-state index contributed by atoms with van der Waals surface area (Å²) in [6.45, 7) is 0.874. The predicted molar refractivity (Wildman–Crippen MR) is 103 cm³/mol. The van der Waals surface area contributed by atoms with Crippen LogP contribution in [0.25, 0.3) is 0 Å². The Labute approximate surface area is 159 Å². The molecule has 27 heavy (non-hydrogen) atoms. The zero-order valence-electron chi connectivity index (χ0n) is 16.1. The topological polar surface area (TPSA) is 78.1 Å². The van der Waals surface area contributed by atoms with Crippen molar-refractivity contribution in [1.29, 1.82) is 0 Å². The second-order valence-electron chi connectivity index (χ2n) is 5.74. The molecule has 0 aromatic heterocycles. The molecule has 0 bridgehead atoms. The van der Waals surface area contributed by atoms with Gasteiger partial charge in [-0.15, -0.1) is 0 Å². The van der Waals surface area contributed by atoms with Gasteiger partial charge in [0.2, 0.25) is 5.75 Å². The molecule has 2 aromatic rings. The van der Waals surface area contributed by atoms with Crippen LogP contribution in [0.2, 0.25) is 0 Å². The molecule has 0 atom stereocenters. The highest BCUT2D eigenvalue weighted by Gasteiger charge is 2.13. The van der Waals surface area contributed by atoms with Gasteiger partial charge in [0, 0.05) is 13.1 Å². The van der Waals surface area contributed by atoms with Crippen LogP contribution in [-0.2, 0) is 13.0 Å². The van der Waals surface area contributed by atoms with Crippen molar-refractivity contribution in [2.45, 2.75) is 13.0 Å². The van der Waals surface area contributed by atoms with E-state index in [1.165, 1.54) is 0 Å². The predicted octanol–water partition coefficient (Wildman–Crippen LogP) is 2.76. The summed E-state index contributed by atoms with van der Waals surface area (Å²) in [4.78, 5) is 12.0. The number of hydrogen-bond acceptors (Lipinski definition) is 5. The summed E-state index contributed by atoms with van der Waals surface area (Å²) in [5.41, 5.74) is 1.97. The number of rotatable bonds is 9. The average Bonchev–Trinajstić information content (AvgIpc) is 2.71. The van der Waals surface area contributed by atoms with Gasteiger partial charge < -0.3 is 29.6 Å². The van der Waals surface area contributed by atoms with Crippen molar-refractivity contribution in [1.82, 2.24) is 10.6 Å². The molecule has 0 saturated heterocycles. The molecule has 0 spiro atoms. The summed E-state index contributed by atoms with van der Waals surface area (Å²) in [5.74, 6) is 2.43. The van der Waals surface area contributed by atoms with Crippen LogP contribution in [0.1, 0.15) is 11.1 Å². The van der Waals surface area contributed by atoms with Crippen molar-refractivity contribution < 1.29 is 23.7 Å². The molecule has 7 nitrogen and oxygen atoms in total. The highest BCUT2D eigenvalue weighted by molar-refractivity contribution is 5.73. The van der Waals surface area contributed by atoms with Crippen LogP contribution in [0.3, 0.4) is 0 Å². The summed E-state index contributed by atoms with van der Waals surface area (Å²) in [5, 5.41) is 5.66. The molecule has 0 aliphatic heterocycles. The average molecular weight is 374 g/mol. The molecule has 2 N–H and O–H groups in total. The summed E-state index contributed by atoms with van der Waals surface area (Å²) >= 11 is 0. The van der Waals surface area contributed by atoms with Gasteiger partial charge >= 0.3 is 6.03 Å². The van der Waals surface area contributed by atoms with E-state index < -0.39 is 0 Å². The summed E-state index contributed by atoms with van der Waals surface area (Å²) in [6.07, 6.45) is 0.738. The first kappa shape index (κ1) is 20.2. The lowest BCUT2D eigenvalue weighted by Gasteiger charge is -2.14. The summed E-state index contributed by atoms with van der Waals surface area (Å²) < 4.78 is 21.0. The van der Waals surface area contributed by atoms with Crippen molar-refractivity contribution in [3.63, 3.8) is 0 Å². The lowest BCUT2D eigenvalue weighted by molar-refractivity contribution is 0.240. The highest BCUT2D eigenvalue weighted by Crippen LogP contribution is 2.38. The van der Waals surface area contributed by atoms with E-state index in [0.29, 0.717) is 30.3 Å². The largest absolute Gasteiger partial charge is 0.497 e. The van der Waals surface area contributed by atoms with Crippen LogP contribution < -0.4 is 29.6 Å². The molecule has 2 amide bonds. The maximum atomic E-state index is 12.0. The Morgan fingerprint density at radius 3 is 1.96 bits per heavy atom. The first-order chi connectivity index (χ1) is 13.1. The summed E-state index contributed by atoms with van der Waals surface area (Å²) in [6, 6.07) is 11.1. The van der Waals surface area contributed by atoms with E-state index in [-0.39, 0.29) is 6.03 Å². The number of carbonyl (C=O) groups excluding carboxylic acids is 1. The number of amides is 2. The zero-order chi connectivity index (χ0) is 19.6. The Morgan fingerprint density at radius 2 is 1.44 bits per heavy atom. The molecule has 2 aromatic carbocycles. The Morgan fingerprint density at radius 1 is 0.815 bits per heavy atom.